The lowest BCUT2D eigenvalue weighted by Crippen LogP contribution is -2.07. The Labute approximate surface area is 96.9 Å². The normalized spacial score (nSPS) is 14.0. The standard InChI is InChI=1S/C14H18O2/c1-10(12(3)14(15)16-4)11(2)13-8-6-5-7-9-13/h5-9,11H,1-4H3. The number of allylic oxidation sites excluding steroid dienone is 1. The summed E-state index contributed by atoms with van der Waals surface area (Å²) in [6.07, 6.45) is 0. The number of rotatable bonds is 3. The first-order valence-corrected chi connectivity index (χ1v) is 5.38. The molecule has 0 saturated heterocycles. The van der Waals surface area contributed by atoms with Gasteiger partial charge in [-0.2, -0.15) is 0 Å². The zero-order valence-electron chi connectivity index (χ0n) is 10.3. The van der Waals surface area contributed by atoms with E-state index in [0.29, 0.717) is 5.57 Å². The van der Waals surface area contributed by atoms with E-state index in [1.54, 1.807) is 6.92 Å². The summed E-state index contributed by atoms with van der Waals surface area (Å²) in [5.74, 6) is -0.0134. The van der Waals surface area contributed by atoms with Crippen LogP contribution in [0.25, 0.3) is 0 Å². The summed E-state index contributed by atoms with van der Waals surface area (Å²) in [5, 5.41) is 0. The van der Waals surface area contributed by atoms with E-state index in [1.807, 2.05) is 25.1 Å². The van der Waals surface area contributed by atoms with E-state index < -0.39 is 0 Å². The Kier molecular flexibility index (Phi) is 4.29. The maximum Gasteiger partial charge on any atom is 0.333 e. The van der Waals surface area contributed by atoms with Crippen molar-refractivity contribution in [1.82, 2.24) is 0 Å². The van der Waals surface area contributed by atoms with E-state index in [4.69, 9.17) is 4.74 Å². The van der Waals surface area contributed by atoms with Crippen LogP contribution in [0.15, 0.2) is 41.5 Å². The molecule has 2 heteroatoms. The molecule has 0 aliphatic rings. The molecule has 0 radical (unpaired) electrons. The number of methoxy groups -OCH3 is 1. The van der Waals surface area contributed by atoms with Crippen LogP contribution in [0.1, 0.15) is 32.3 Å². The van der Waals surface area contributed by atoms with Crippen molar-refractivity contribution in [3.63, 3.8) is 0 Å². The van der Waals surface area contributed by atoms with Gasteiger partial charge in [0, 0.05) is 11.5 Å². The Hall–Kier alpha value is -1.57. The lowest BCUT2D eigenvalue weighted by molar-refractivity contribution is -0.136. The van der Waals surface area contributed by atoms with Crippen molar-refractivity contribution in [2.45, 2.75) is 26.7 Å². The smallest absolute Gasteiger partial charge is 0.333 e. The molecule has 16 heavy (non-hydrogen) atoms. The van der Waals surface area contributed by atoms with Crippen LogP contribution < -0.4 is 0 Å². The van der Waals surface area contributed by atoms with Crippen molar-refractivity contribution in [2.75, 3.05) is 7.11 Å². The maximum absolute atomic E-state index is 11.4. The van der Waals surface area contributed by atoms with Gasteiger partial charge in [0.15, 0.2) is 0 Å². The van der Waals surface area contributed by atoms with Crippen LogP contribution in [0.3, 0.4) is 0 Å². The van der Waals surface area contributed by atoms with Gasteiger partial charge >= 0.3 is 5.97 Å². The van der Waals surface area contributed by atoms with Gasteiger partial charge in [0.25, 0.3) is 0 Å². The second kappa shape index (κ2) is 5.50. The molecule has 1 rings (SSSR count). The first-order chi connectivity index (χ1) is 7.57. The molecule has 0 N–H and O–H groups in total. The highest BCUT2D eigenvalue weighted by molar-refractivity contribution is 5.88. The molecule has 1 aromatic carbocycles. The minimum Gasteiger partial charge on any atom is -0.466 e. The second-order valence-electron chi connectivity index (χ2n) is 3.93. The summed E-state index contributed by atoms with van der Waals surface area (Å²) >= 11 is 0. The van der Waals surface area contributed by atoms with Gasteiger partial charge in [-0.05, 0) is 19.4 Å². The third-order valence-electron chi connectivity index (χ3n) is 3.03. The quantitative estimate of drug-likeness (QED) is 0.574. The molecule has 0 saturated carbocycles. The predicted molar refractivity (Wildman–Crippen MR) is 65.2 cm³/mol. The molecule has 1 unspecified atom stereocenters. The van der Waals surface area contributed by atoms with Crippen molar-refractivity contribution in [3.8, 4) is 0 Å². The van der Waals surface area contributed by atoms with Gasteiger partial charge < -0.3 is 4.74 Å². The van der Waals surface area contributed by atoms with Gasteiger partial charge in [0.1, 0.15) is 0 Å². The zero-order valence-corrected chi connectivity index (χ0v) is 10.3. The highest BCUT2D eigenvalue weighted by Crippen LogP contribution is 2.25. The van der Waals surface area contributed by atoms with Gasteiger partial charge in [0.05, 0.1) is 7.11 Å². The number of esters is 1. The Bertz CT molecular complexity index is 390. The van der Waals surface area contributed by atoms with Crippen LogP contribution in [0.4, 0.5) is 0 Å². The molecule has 1 atom stereocenters. The maximum atomic E-state index is 11.4. The van der Waals surface area contributed by atoms with Crippen LogP contribution in [-0.2, 0) is 9.53 Å². The van der Waals surface area contributed by atoms with Gasteiger partial charge in [-0.15, -0.1) is 0 Å². The first-order valence-electron chi connectivity index (χ1n) is 5.38. The van der Waals surface area contributed by atoms with Crippen LogP contribution in [-0.4, -0.2) is 13.1 Å². The fourth-order valence-corrected chi connectivity index (χ4v) is 1.63. The number of carbonyl (C=O) groups is 1. The van der Waals surface area contributed by atoms with Crippen molar-refractivity contribution < 1.29 is 9.53 Å². The Morgan fingerprint density at radius 3 is 2.25 bits per heavy atom. The van der Waals surface area contributed by atoms with Crippen molar-refractivity contribution in [3.05, 3.63) is 47.0 Å². The number of ether oxygens (including phenoxy) is 1. The number of benzene rings is 1. The molecular formula is C14H18O2. The Morgan fingerprint density at radius 1 is 1.19 bits per heavy atom. The number of hydrogen-bond donors (Lipinski definition) is 0. The fourth-order valence-electron chi connectivity index (χ4n) is 1.63. The van der Waals surface area contributed by atoms with Crippen molar-refractivity contribution in [1.29, 1.82) is 0 Å². The molecule has 0 heterocycles. The highest BCUT2D eigenvalue weighted by Gasteiger charge is 2.14. The summed E-state index contributed by atoms with van der Waals surface area (Å²) in [5.41, 5.74) is 2.96. The fraction of sp³-hybridized carbons (Fsp3) is 0.357. The van der Waals surface area contributed by atoms with E-state index in [-0.39, 0.29) is 11.9 Å². The minimum absolute atomic E-state index is 0.236. The summed E-state index contributed by atoms with van der Waals surface area (Å²) in [6, 6.07) is 10.1. The molecule has 1 aromatic rings. The number of hydrogen-bond acceptors (Lipinski definition) is 2. The van der Waals surface area contributed by atoms with Crippen molar-refractivity contribution in [2.24, 2.45) is 0 Å². The topological polar surface area (TPSA) is 26.3 Å². The molecule has 0 aromatic heterocycles. The molecule has 0 aliphatic heterocycles. The van der Waals surface area contributed by atoms with E-state index >= 15 is 0 Å². The molecular weight excluding hydrogens is 200 g/mol. The van der Waals surface area contributed by atoms with Gasteiger partial charge in [-0.1, -0.05) is 42.8 Å². The highest BCUT2D eigenvalue weighted by atomic mass is 16.5. The molecule has 0 spiro atoms. The monoisotopic (exact) mass is 218 g/mol. The second-order valence-corrected chi connectivity index (χ2v) is 3.93. The Balaban J connectivity index is 2.98. The lowest BCUT2D eigenvalue weighted by atomic mass is 9.91. The lowest BCUT2D eigenvalue weighted by Gasteiger charge is -2.15. The van der Waals surface area contributed by atoms with E-state index in [0.717, 1.165) is 5.57 Å². The average Bonchev–Trinajstić information content (AvgIpc) is 2.36. The summed E-state index contributed by atoms with van der Waals surface area (Å²) in [7, 11) is 1.41. The van der Waals surface area contributed by atoms with Gasteiger partial charge in [-0.3, -0.25) is 0 Å². The molecule has 0 fully saturated rings. The Morgan fingerprint density at radius 2 is 1.75 bits per heavy atom. The molecule has 0 bridgehead atoms. The van der Waals surface area contributed by atoms with Crippen LogP contribution in [0.2, 0.25) is 0 Å². The van der Waals surface area contributed by atoms with Gasteiger partial charge in [0.2, 0.25) is 0 Å². The van der Waals surface area contributed by atoms with Crippen LogP contribution in [0, 0.1) is 0 Å². The van der Waals surface area contributed by atoms with Crippen LogP contribution in [0.5, 0.6) is 0 Å². The summed E-state index contributed by atoms with van der Waals surface area (Å²) < 4.78 is 4.72. The molecule has 2 nitrogen and oxygen atoms in total. The minimum atomic E-state index is -0.250. The van der Waals surface area contributed by atoms with E-state index in [1.165, 1.54) is 12.7 Å². The average molecular weight is 218 g/mol. The van der Waals surface area contributed by atoms with E-state index in [2.05, 4.69) is 19.1 Å². The third kappa shape index (κ3) is 2.72. The molecule has 86 valence electrons. The third-order valence-corrected chi connectivity index (χ3v) is 3.03. The number of carbonyl (C=O) groups excluding carboxylic acids is 1. The first kappa shape index (κ1) is 12.5. The van der Waals surface area contributed by atoms with E-state index in [9.17, 15) is 4.79 Å². The van der Waals surface area contributed by atoms with Gasteiger partial charge in [-0.25, -0.2) is 4.79 Å². The van der Waals surface area contributed by atoms with Crippen LogP contribution >= 0.6 is 0 Å². The summed E-state index contributed by atoms with van der Waals surface area (Å²) in [4.78, 5) is 11.4. The SMILES string of the molecule is COC(=O)C(C)=C(C)C(C)c1ccccc1. The zero-order chi connectivity index (χ0) is 12.1. The largest absolute Gasteiger partial charge is 0.466 e. The predicted octanol–water partition coefficient (Wildman–Crippen LogP) is 3.30. The molecule has 0 amide bonds. The summed E-state index contributed by atoms with van der Waals surface area (Å²) in [6.45, 7) is 5.88. The van der Waals surface area contributed by atoms with Crippen molar-refractivity contribution >= 4 is 5.97 Å². The molecule has 0 aliphatic carbocycles.